The van der Waals surface area contributed by atoms with Gasteiger partial charge in [0, 0.05) is 11.6 Å². The zero-order valence-corrected chi connectivity index (χ0v) is 15.2. The van der Waals surface area contributed by atoms with Gasteiger partial charge in [-0.1, -0.05) is 78.9 Å². The summed E-state index contributed by atoms with van der Waals surface area (Å²) in [5, 5.41) is 3.15. The van der Waals surface area contributed by atoms with Crippen molar-refractivity contribution in [2.75, 3.05) is 0 Å². The van der Waals surface area contributed by atoms with Gasteiger partial charge in [-0.15, -0.1) is 0 Å². The fourth-order valence-corrected chi connectivity index (χ4v) is 3.11. The normalized spacial score (nSPS) is 11.7. The molecule has 0 heterocycles. The summed E-state index contributed by atoms with van der Waals surface area (Å²) in [6, 6.07) is 28.7. The molecule has 2 heteroatoms. The van der Waals surface area contributed by atoms with Crippen molar-refractivity contribution >= 4 is 5.91 Å². The van der Waals surface area contributed by atoms with Gasteiger partial charge in [0.25, 0.3) is 5.91 Å². The Bertz CT molecular complexity index is 827. The van der Waals surface area contributed by atoms with Crippen LogP contribution >= 0.6 is 0 Å². The highest BCUT2D eigenvalue weighted by Crippen LogP contribution is 2.15. The second-order valence-corrected chi connectivity index (χ2v) is 6.72. The molecule has 0 aliphatic heterocycles. The van der Waals surface area contributed by atoms with Crippen molar-refractivity contribution in [3.05, 3.63) is 107 Å². The first-order valence-corrected chi connectivity index (χ1v) is 9.19. The summed E-state index contributed by atoms with van der Waals surface area (Å²) in [4.78, 5) is 12.8. The average Bonchev–Trinajstić information content (AvgIpc) is 2.68. The van der Waals surface area contributed by atoms with Gasteiger partial charge in [0.1, 0.15) is 0 Å². The number of hydrogen-bond donors (Lipinski definition) is 1. The number of hydrogen-bond acceptors (Lipinski definition) is 1. The number of rotatable bonds is 7. The van der Waals surface area contributed by atoms with E-state index >= 15 is 0 Å². The third kappa shape index (κ3) is 5.06. The average molecular weight is 343 g/mol. The maximum absolute atomic E-state index is 12.8. The van der Waals surface area contributed by atoms with E-state index in [1.165, 1.54) is 11.1 Å². The van der Waals surface area contributed by atoms with Crippen molar-refractivity contribution in [3.8, 4) is 0 Å². The lowest BCUT2D eigenvalue weighted by Gasteiger charge is -2.16. The van der Waals surface area contributed by atoms with Crippen molar-refractivity contribution in [1.82, 2.24) is 5.32 Å². The quantitative estimate of drug-likeness (QED) is 0.640. The largest absolute Gasteiger partial charge is 0.350 e. The minimum Gasteiger partial charge on any atom is -0.350 e. The summed E-state index contributed by atoms with van der Waals surface area (Å²) in [5.41, 5.74) is 4.34. The van der Waals surface area contributed by atoms with Gasteiger partial charge in [-0.05, 0) is 48.9 Å². The number of amides is 1. The van der Waals surface area contributed by atoms with Crippen LogP contribution in [-0.4, -0.2) is 11.9 Å². The lowest BCUT2D eigenvalue weighted by atomic mass is 9.99. The Morgan fingerprint density at radius 3 is 2.08 bits per heavy atom. The van der Waals surface area contributed by atoms with Gasteiger partial charge < -0.3 is 5.32 Å². The molecule has 1 amide bonds. The summed E-state index contributed by atoms with van der Waals surface area (Å²) in [5.74, 6) is 0.0112. The van der Waals surface area contributed by atoms with Crippen LogP contribution in [0.2, 0.25) is 0 Å². The standard InChI is InChI=1S/C24H25NO/c1-19(16-17-20-10-4-2-5-11-20)25-24(26)23-15-9-8-14-22(23)18-21-12-6-3-7-13-21/h2-15,19H,16-18H2,1H3,(H,25,26). The molecule has 1 unspecified atom stereocenters. The van der Waals surface area contributed by atoms with Crippen molar-refractivity contribution in [3.63, 3.8) is 0 Å². The molecule has 0 saturated carbocycles. The van der Waals surface area contributed by atoms with Crippen LogP contribution in [0.25, 0.3) is 0 Å². The number of nitrogens with one attached hydrogen (secondary N) is 1. The van der Waals surface area contributed by atoms with Crippen LogP contribution < -0.4 is 5.32 Å². The first kappa shape index (κ1) is 17.9. The predicted molar refractivity (Wildman–Crippen MR) is 107 cm³/mol. The van der Waals surface area contributed by atoms with Gasteiger partial charge in [-0.2, -0.15) is 0 Å². The predicted octanol–water partition coefficient (Wildman–Crippen LogP) is 5.03. The number of aryl methyl sites for hydroxylation is 1. The molecule has 0 bridgehead atoms. The molecule has 0 aromatic heterocycles. The Labute approximate surface area is 155 Å². The molecular formula is C24H25NO. The lowest BCUT2D eigenvalue weighted by Crippen LogP contribution is -2.33. The smallest absolute Gasteiger partial charge is 0.251 e. The molecular weight excluding hydrogens is 318 g/mol. The maximum Gasteiger partial charge on any atom is 0.251 e. The van der Waals surface area contributed by atoms with E-state index in [0.717, 1.165) is 30.4 Å². The molecule has 0 saturated heterocycles. The van der Waals surface area contributed by atoms with Crippen LogP contribution in [0.4, 0.5) is 0 Å². The molecule has 0 aliphatic rings. The highest BCUT2D eigenvalue weighted by atomic mass is 16.1. The summed E-state index contributed by atoms with van der Waals surface area (Å²) < 4.78 is 0. The van der Waals surface area contributed by atoms with E-state index in [1.807, 2.05) is 48.5 Å². The molecule has 0 fully saturated rings. The van der Waals surface area contributed by atoms with E-state index in [4.69, 9.17) is 0 Å². The zero-order valence-electron chi connectivity index (χ0n) is 15.2. The van der Waals surface area contributed by atoms with Crippen molar-refractivity contribution < 1.29 is 4.79 Å². The maximum atomic E-state index is 12.8. The highest BCUT2D eigenvalue weighted by Gasteiger charge is 2.13. The first-order chi connectivity index (χ1) is 12.7. The van der Waals surface area contributed by atoms with Crippen LogP contribution in [0.1, 0.15) is 40.4 Å². The van der Waals surface area contributed by atoms with Crippen molar-refractivity contribution in [1.29, 1.82) is 0 Å². The minimum atomic E-state index is 0.0112. The topological polar surface area (TPSA) is 29.1 Å². The zero-order chi connectivity index (χ0) is 18.2. The molecule has 0 spiro atoms. The number of carbonyl (C=O) groups is 1. The fraction of sp³-hybridized carbons (Fsp3) is 0.208. The molecule has 1 N–H and O–H groups in total. The first-order valence-electron chi connectivity index (χ1n) is 9.19. The summed E-state index contributed by atoms with van der Waals surface area (Å²) in [6.45, 7) is 2.07. The van der Waals surface area contributed by atoms with Gasteiger partial charge in [0.15, 0.2) is 0 Å². The Morgan fingerprint density at radius 2 is 1.38 bits per heavy atom. The van der Waals surface area contributed by atoms with E-state index < -0.39 is 0 Å². The highest BCUT2D eigenvalue weighted by molar-refractivity contribution is 5.96. The van der Waals surface area contributed by atoms with Gasteiger partial charge in [0.2, 0.25) is 0 Å². The number of carbonyl (C=O) groups excluding carboxylic acids is 1. The van der Waals surface area contributed by atoms with Gasteiger partial charge >= 0.3 is 0 Å². The van der Waals surface area contributed by atoms with Crippen LogP contribution in [0.5, 0.6) is 0 Å². The van der Waals surface area contributed by atoms with Crippen LogP contribution in [-0.2, 0) is 12.8 Å². The van der Waals surface area contributed by atoms with Gasteiger partial charge in [0.05, 0.1) is 0 Å². The van der Waals surface area contributed by atoms with Crippen LogP contribution in [0.3, 0.4) is 0 Å². The monoisotopic (exact) mass is 343 g/mol. The molecule has 1 atom stereocenters. The Hall–Kier alpha value is -2.87. The second kappa shape index (κ2) is 9.00. The molecule has 26 heavy (non-hydrogen) atoms. The van der Waals surface area contributed by atoms with Crippen LogP contribution in [0.15, 0.2) is 84.9 Å². The van der Waals surface area contributed by atoms with Gasteiger partial charge in [-0.25, -0.2) is 0 Å². The van der Waals surface area contributed by atoms with E-state index in [-0.39, 0.29) is 11.9 Å². The molecule has 2 nitrogen and oxygen atoms in total. The number of benzene rings is 3. The SMILES string of the molecule is CC(CCc1ccccc1)NC(=O)c1ccccc1Cc1ccccc1. The van der Waals surface area contributed by atoms with E-state index in [1.54, 1.807) is 0 Å². The van der Waals surface area contributed by atoms with E-state index in [2.05, 4.69) is 48.6 Å². The Balaban J connectivity index is 1.62. The lowest BCUT2D eigenvalue weighted by molar-refractivity contribution is 0.0937. The van der Waals surface area contributed by atoms with Crippen molar-refractivity contribution in [2.45, 2.75) is 32.2 Å². The van der Waals surface area contributed by atoms with Crippen molar-refractivity contribution in [2.24, 2.45) is 0 Å². The second-order valence-electron chi connectivity index (χ2n) is 6.72. The molecule has 0 radical (unpaired) electrons. The molecule has 132 valence electrons. The van der Waals surface area contributed by atoms with Gasteiger partial charge in [-0.3, -0.25) is 4.79 Å². The third-order valence-corrected chi connectivity index (χ3v) is 4.59. The van der Waals surface area contributed by atoms with E-state index in [0.29, 0.717) is 0 Å². The van der Waals surface area contributed by atoms with E-state index in [9.17, 15) is 4.79 Å². The summed E-state index contributed by atoms with van der Waals surface area (Å²) in [7, 11) is 0. The fourth-order valence-electron chi connectivity index (χ4n) is 3.11. The third-order valence-electron chi connectivity index (χ3n) is 4.59. The molecule has 3 rings (SSSR count). The molecule has 0 aliphatic carbocycles. The Kier molecular flexibility index (Phi) is 6.21. The minimum absolute atomic E-state index is 0.0112. The van der Waals surface area contributed by atoms with Crippen LogP contribution in [0, 0.1) is 0 Å². The summed E-state index contributed by atoms with van der Waals surface area (Å²) in [6.07, 6.45) is 2.66. The molecule has 3 aromatic carbocycles. The molecule has 3 aromatic rings. The summed E-state index contributed by atoms with van der Waals surface area (Å²) >= 11 is 0. The Morgan fingerprint density at radius 1 is 0.808 bits per heavy atom.